The lowest BCUT2D eigenvalue weighted by atomic mass is 10.2. The summed E-state index contributed by atoms with van der Waals surface area (Å²) in [7, 11) is 0. The number of halogens is 1. The third kappa shape index (κ3) is 5.82. The molecule has 26 heavy (non-hydrogen) atoms. The van der Waals surface area contributed by atoms with Gasteiger partial charge in [-0.05, 0) is 42.3 Å². The van der Waals surface area contributed by atoms with Crippen LogP contribution in [0.5, 0.6) is 0 Å². The maximum Gasteiger partial charge on any atom is 0.270 e. The van der Waals surface area contributed by atoms with Crippen molar-refractivity contribution in [3.63, 3.8) is 0 Å². The molecule has 2 aromatic carbocycles. The van der Waals surface area contributed by atoms with Gasteiger partial charge in [0, 0.05) is 28.4 Å². The van der Waals surface area contributed by atoms with Gasteiger partial charge in [-0.2, -0.15) is 0 Å². The van der Waals surface area contributed by atoms with E-state index in [1.54, 1.807) is 12.1 Å². The molecule has 2 N–H and O–H groups in total. The minimum atomic E-state index is -0.508. The Hall–Kier alpha value is -3.00. The van der Waals surface area contributed by atoms with Crippen LogP contribution in [-0.4, -0.2) is 23.3 Å². The summed E-state index contributed by atoms with van der Waals surface area (Å²) < 4.78 is 0.910. The Morgan fingerprint density at radius 2 is 2.00 bits per heavy atom. The highest BCUT2D eigenvalue weighted by molar-refractivity contribution is 9.10. The molecule has 0 aliphatic heterocycles. The van der Waals surface area contributed by atoms with Crippen molar-refractivity contribution in [3.05, 3.63) is 74.3 Å². The second kappa shape index (κ2) is 8.91. The average molecular weight is 418 g/mol. The molecule has 0 bridgehead atoms. The number of nitro benzene ring substituents is 1. The van der Waals surface area contributed by atoms with Crippen LogP contribution in [0.2, 0.25) is 0 Å². The Balaban J connectivity index is 1.87. The van der Waals surface area contributed by atoms with Crippen LogP contribution in [-0.2, 0) is 9.59 Å². The van der Waals surface area contributed by atoms with Gasteiger partial charge in [-0.3, -0.25) is 19.7 Å². The van der Waals surface area contributed by atoms with Gasteiger partial charge < -0.3 is 10.6 Å². The van der Waals surface area contributed by atoms with Gasteiger partial charge in [0.25, 0.3) is 5.69 Å². The molecule has 0 heterocycles. The number of non-ortho nitro benzene ring substituents is 1. The second-order valence-corrected chi connectivity index (χ2v) is 6.33. The van der Waals surface area contributed by atoms with Gasteiger partial charge in [0.1, 0.15) is 0 Å². The normalized spacial score (nSPS) is 10.5. The molecule has 2 rings (SSSR count). The van der Waals surface area contributed by atoms with Crippen LogP contribution in [0.25, 0.3) is 6.08 Å². The van der Waals surface area contributed by atoms with E-state index in [1.807, 2.05) is 19.1 Å². The van der Waals surface area contributed by atoms with Crippen LogP contribution in [0.3, 0.4) is 0 Å². The van der Waals surface area contributed by atoms with Crippen LogP contribution in [0.15, 0.2) is 53.0 Å². The quantitative estimate of drug-likeness (QED) is 0.426. The van der Waals surface area contributed by atoms with Gasteiger partial charge in [-0.15, -0.1) is 0 Å². The first-order valence-electron chi connectivity index (χ1n) is 7.61. The number of anilines is 1. The fraction of sp³-hybridized carbons (Fsp3) is 0.111. The standard InChI is InChI=1S/C18H16BrN3O4/c1-12-9-14(19)6-7-16(12)21-18(24)11-20-17(23)8-5-13-3-2-4-15(10-13)22(25)26/h2-10H,11H2,1H3,(H,20,23)(H,21,24)/b8-5+. The molecule has 0 aliphatic carbocycles. The first-order valence-corrected chi connectivity index (χ1v) is 8.41. The number of hydrogen-bond donors (Lipinski definition) is 2. The maximum atomic E-state index is 11.9. The molecule has 0 unspecified atom stereocenters. The highest BCUT2D eigenvalue weighted by Crippen LogP contribution is 2.19. The lowest BCUT2D eigenvalue weighted by Gasteiger charge is -2.09. The Labute approximate surface area is 158 Å². The van der Waals surface area contributed by atoms with Gasteiger partial charge in [0.15, 0.2) is 0 Å². The van der Waals surface area contributed by atoms with E-state index >= 15 is 0 Å². The van der Waals surface area contributed by atoms with E-state index in [2.05, 4.69) is 26.6 Å². The third-order valence-corrected chi connectivity index (χ3v) is 3.89. The number of benzene rings is 2. The van der Waals surface area contributed by atoms with Crippen LogP contribution >= 0.6 is 15.9 Å². The lowest BCUT2D eigenvalue weighted by Crippen LogP contribution is -2.31. The van der Waals surface area contributed by atoms with E-state index in [4.69, 9.17) is 0 Å². The number of carbonyl (C=O) groups excluding carboxylic acids is 2. The summed E-state index contributed by atoms with van der Waals surface area (Å²) in [4.78, 5) is 33.9. The number of carbonyl (C=O) groups is 2. The molecule has 0 radical (unpaired) electrons. The number of rotatable bonds is 6. The molecular weight excluding hydrogens is 402 g/mol. The summed E-state index contributed by atoms with van der Waals surface area (Å²) in [6.45, 7) is 1.67. The summed E-state index contributed by atoms with van der Waals surface area (Å²) in [6.07, 6.45) is 2.66. The predicted molar refractivity (Wildman–Crippen MR) is 103 cm³/mol. The molecule has 0 aliphatic rings. The Morgan fingerprint density at radius 1 is 1.23 bits per heavy atom. The highest BCUT2D eigenvalue weighted by atomic mass is 79.9. The molecule has 0 atom stereocenters. The molecular formula is C18H16BrN3O4. The zero-order valence-corrected chi connectivity index (χ0v) is 15.4. The van der Waals surface area contributed by atoms with Crippen molar-refractivity contribution in [2.75, 3.05) is 11.9 Å². The maximum absolute atomic E-state index is 11.9. The van der Waals surface area contributed by atoms with E-state index in [1.165, 1.54) is 30.4 Å². The van der Waals surface area contributed by atoms with Crippen molar-refractivity contribution >= 4 is 45.2 Å². The molecule has 7 nitrogen and oxygen atoms in total. The zero-order valence-electron chi connectivity index (χ0n) is 13.9. The van der Waals surface area contributed by atoms with Gasteiger partial charge in [0.05, 0.1) is 11.5 Å². The Kier molecular flexibility index (Phi) is 6.62. The van der Waals surface area contributed by atoms with Crippen LogP contribution in [0.4, 0.5) is 11.4 Å². The second-order valence-electron chi connectivity index (χ2n) is 5.41. The number of nitro groups is 1. The van der Waals surface area contributed by atoms with Crippen LogP contribution in [0, 0.1) is 17.0 Å². The fourth-order valence-electron chi connectivity index (χ4n) is 2.10. The van der Waals surface area contributed by atoms with E-state index in [9.17, 15) is 19.7 Å². The zero-order chi connectivity index (χ0) is 19.1. The SMILES string of the molecule is Cc1cc(Br)ccc1NC(=O)CNC(=O)/C=C/c1cccc([N+](=O)[O-])c1. The van der Waals surface area contributed by atoms with Crippen molar-refractivity contribution in [3.8, 4) is 0 Å². The first-order chi connectivity index (χ1) is 12.3. The molecule has 2 amide bonds. The first kappa shape index (κ1) is 19.3. The molecule has 0 fully saturated rings. The Bertz CT molecular complexity index is 880. The topological polar surface area (TPSA) is 101 Å². The number of nitrogens with zero attached hydrogens (tertiary/aromatic N) is 1. The fourth-order valence-corrected chi connectivity index (χ4v) is 2.58. The largest absolute Gasteiger partial charge is 0.343 e. The average Bonchev–Trinajstić information content (AvgIpc) is 2.61. The molecule has 8 heteroatoms. The summed E-state index contributed by atoms with van der Waals surface area (Å²) in [5.41, 5.74) is 2.02. The molecule has 0 saturated carbocycles. The summed E-state index contributed by atoms with van der Waals surface area (Å²) in [6, 6.07) is 11.3. The number of aryl methyl sites for hydroxylation is 1. The number of nitrogens with one attached hydrogen (secondary N) is 2. The van der Waals surface area contributed by atoms with Crippen LogP contribution < -0.4 is 10.6 Å². The van der Waals surface area contributed by atoms with Gasteiger partial charge in [-0.25, -0.2) is 0 Å². The molecule has 0 spiro atoms. The molecule has 0 saturated heterocycles. The van der Waals surface area contributed by atoms with Gasteiger partial charge >= 0.3 is 0 Å². The Morgan fingerprint density at radius 3 is 2.69 bits per heavy atom. The van der Waals surface area contributed by atoms with Crippen molar-refractivity contribution in [1.82, 2.24) is 5.32 Å². The van der Waals surface area contributed by atoms with Crippen molar-refractivity contribution in [2.24, 2.45) is 0 Å². The summed E-state index contributed by atoms with van der Waals surface area (Å²) in [5.74, 6) is -0.827. The lowest BCUT2D eigenvalue weighted by molar-refractivity contribution is -0.384. The number of hydrogen-bond acceptors (Lipinski definition) is 4. The van der Waals surface area contributed by atoms with E-state index in [0.717, 1.165) is 10.0 Å². The highest BCUT2D eigenvalue weighted by Gasteiger charge is 2.07. The van der Waals surface area contributed by atoms with Crippen LogP contribution in [0.1, 0.15) is 11.1 Å². The third-order valence-electron chi connectivity index (χ3n) is 3.39. The molecule has 134 valence electrons. The van der Waals surface area contributed by atoms with Gasteiger partial charge in [0.2, 0.25) is 11.8 Å². The van der Waals surface area contributed by atoms with E-state index < -0.39 is 10.8 Å². The predicted octanol–water partition coefficient (Wildman–Crippen LogP) is 3.43. The monoisotopic (exact) mass is 417 g/mol. The van der Waals surface area contributed by atoms with Crippen molar-refractivity contribution in [2.45, 2.75) is 6.92 Å². The molecule has 2 aromatic rings. The van der Waals surface area contributed by atoms with E-state index in [0.29, 0.717) is 11.3 Å². The smallest absolute Gasteiger partial charge is 0.270 e. The minimum absolute atomic E-state index is 0.0585. The van der Waals surface area contributed by atoms with Gasteiger partial charge in [-0.1, -0.05) is 28.1 Å². The van der Waals surface area contributed by atoms with Crippen molar-refractivity contribution in [1.29, 1.82) is 0 Å². The minimum Gasteiger partial charge on any atom is -0.343 e. The molecule has 0 aromatic heterocycles. The summed E-state index contributed by atoms with van der Waals surface area (Å²) >= 11 is 3.35. The summed E-state index contributed by atoms with van der Waals surface area (Å²) in [5, 5.41) is 15.9. The number of amides is 2. The van der Waals surface area contributed by atoms with E-state index in [-0.39, 0.29) is 18.1 Å². The van der Waals surface area contributed by atoms with Crippen molar-refractivity contribution < 1.29 is 14.5 Å².